The van der Waals surface area contributed by atoms with Gasteiger partial charge in [0.25, 0.3) is 0 Å². The number of amides is 1. The number of carbonyl (C=O) groups is 2. The first-order valence-corrected chi connectivity index (χ1v) is 7.41. The van der Waals surface area contributed by atoms with Crippen LogP contribution in [0.2, 0.25) is 0 Å². The summed E-state index contributed by atoms with van der Waals surface area (Å²) in [5.74, 6) is -0.776. The Morgan fingerprint density at radius 2 is 1.70 bits per heavy atom. The van der Waals surface area contributed by atoms with Crippen molar-refractivity contribution in [2.24, 2.45) is 5.41 Å². The van der Waals surface area contributed by atoms with Gasteiger partial charge in [0.1, 0.15) is 5.60 Å². The lowest BCUT2D eigenvalue weighted by molar-refractivity contribution is -0.147. The van der Waals surface area contributed by atoms with Crippen molar-refractivity contribution in [3.8, 4) is 0 Å². The highest BCUT2D eigenvalue weighted by Crippen LogP contribution is 2.59. The summed E-state index contributed by atoms with van der Waals surface area (Å²) in [5, 5.41) is 12.2. The summed E-state index contributed by atoms with van der Waals surface area (Å²) in [4.78, 5) is 23.2. The Balaban J connectivity index is 2.09. The molecule has 0 radical (unpaired) electrons. The molecule has 5 nitrogen and oxygen atoms in total. The van der Waals surface area contributed by atoms with Crippen LogP contribution in [0.5, 0.6) is 0 Å². The van der Waals surface area contributed by atoms with Gasteiger partial charge in [0, 0.05) is 11.0 Å². The second-order valence-corrected chi connectivity index (χ2v) is 7.27. The Labute approximate surface area is 120 Å². The first-order chi connectivity index (χ1) is 9.18. The quantitative estimate of drug-likeness (QED) is 0.831. The lowest BCUT2D eigenvalue weighted by Crippen LogP contribution is -2.67. The molecule has 2 aliphatic carbocycles. The van der Waals surface area contributed by atoms with Crippen LogP contribution in [0.4, 0.5) is 4.79 Å². The number of carbonyl (C=O) groups excluding carboxylic acids is 1. The van der Waals surface area contributed by atoms with Crippen LogP contribution in [0.25, 0.3) is 0 Å². The second kappa shape index (κ2) is 4.93. The van der Waals surface area contributed by atoms with Gasteiger partial charge < -0.3 is 15.2 Å². The molecular weight excluding hydrogens is 258 g/mol. The van der Waals surface area contributed by atoms with E-state index >= 15 is 0 Å². The van der Waals surface area contributed by atoms with Crippen LogP contribution >= 0.6 is 0 Å². The third kappa shape index (κ3) is 2.76. The van der Waals surface area contributed by atoms with E-state index in [1.54, 1.807) is 0 Å². The van der Waals surface area contributed by atoms with Crippen LogP contribution in [0.15, 0.2) is 0 Å². The molecule has 0 unspecified atom stereocenters. The SMILES string of the molecule is CC(C)(C)OC(=O)NC1(C2(CC(=O)O)CCC2)CCC1. The van der Waals surface area contributed by atoms with Crippen molar-refractivity contribution in [1.29, 1.82) is 0 Å². The molecule has 0 aliphatic heterocycles. The topological polar surface area (TPSA) is 75.6 Å². The molecule has 0 spiro atoms. The van der Waals surface area contributed by atoms with Gasteiger partial charge in [-0.2, -0.15) is 0 Å². The smallest absolute Gasteiger partial charge is 0.408 e. The highest BCUT2D eigenvalue weighted by atomic mass is 16.6. The lowest BCUT2D eigenvalue weighted by Gasteiger charge is -2.60. The van der Waals surface area contributed by atoms with Crippen molar-refractivity contribution in [3.05, 3.63) is 0 Å². The molecule has 0 atom stereocenters. The first-order valence-electron chi connectivity index (χ1n) is 7.41. The maximum Gasteiger partial charge on any atom is 0.408 e. The normalized spacial score (nSPS) is 23.1. The fourth-order valence-electron chi connectivity index (χ4n) is 3.53. The second-order valence-electron chi connectivity index (χ2n) is 7.27. The molecule has 0 bridgehead atoms. The van der Waals surface area contributed by atoms with Crippen LogP contribution < -0.4 is 5.32 Å². The molecule has 0 aromatic rings. The molecule has 2 aliphatic rings. The minimum Gasteiger partial charge on any atom is -0.481 e. The van der Waals surface area contributed by atoms with Crippen LogP contribution in [-0.2, 0) is 9.53 Å². The molecule has 5 heteroatoms. The summed E-state index contributed by atoms with van der Waals surface area (Å²) in [5.41, 5.74) is -1.17. The Morgan fingerprint density at radius 3 is 2.00 bits per heavy atom. The monoisotopic (exact) mass is 283 g/mol. The van der Waals surface area contributed by atoms with Crippen molar-refractivity contribution >= 4 is 12.1 Å². The summed E-state index contributed by atoms with van der Waals surface area (Å²) in [6.45, 7) is 5.49. The third-order valence-electron chi connectivity index (χ3n) is 4.76. The summed E-state index contributed by atoms with van der Waals surface area (Å²) in [7, 11) is 0. The molecule has 0 saturated heterocycles. The van der Waals surface area contributed by atoms with E-state index in [-0.39, 0.29) is 17.4 Å². The maximum absolute atomic E-state index is 12.1. The number of hydrogen-bond acceptors (Lipinski definition) is 3. The van der Waals surface area contributed by atoms with E-state index in [9.17, 15) is 14.7 Å². The molecule has 20 heavy (non-hydrogen) atoms. The van der Waals surface area contributed by atoms with Crippen LogP contribution in [0, 0.1) is 5.41 Å². The standard InChI is InChI=1S/C15H25NO4/c1-13(2,3)20-12(19)16-15(8-5-9-15)14(6-4-7-14)10-11(17)18/h4-10H2,1-3H3,(H,16,19)(H,17,18). The maximum atomic E-state index is 12.1. The number of carboxylic acids is 1. The predicted octanol–water partition coefficient (Wildman–Crippen LogP) is 3.08. The Kier molecular flexibility index (Phi) is 3.73. The number of ether oxygens (including phenoxy) is 1. The molecule has 1 amide bonds. The molecule has 0 heterocycles. The van der Waals surface area contributed by atoms with Gasteiger partial charge in [0.05, 0.1) is 6.42 Å². The van der Waals surface area contributed by atoms with E-state index in [0.717, 1.165) is 38.5 Å². The molecule has 2 rings (SSSR count). The van der Waals surface area contributed by atoms with Crippen molar-refractivity contribution in [3.63, 3.8) is 0 Å². The first kappa shape index (κ1) is 15.1. The van der Waals surface area contributed by atoms with Crippen molar-refractivity contribution in [2.75, 3.05) is 0 Å². The summed E-state index contributed by atoms with van der Waals surface area (Å²) in [6, 6.07) is 0. The Bertz CT molecular complexity index is 403. The summed E-state index contributed by atoms with van der Waals surface area (Å²) < 4.78 is 5.34. The predicted molar refractivity (Wildman–Crippen MR) is 74.5 cm³/mol. The average Bonchev–Trinajstić information content (AvgIpc) is 2.14. The van der Waals surface area contributed by atoms with Gasteiger partial charge >= 0.3 is 12.1 Å². The number of hydrogen-bond donors (Lipinski definition) is 2. The zero-order valence-electron chi connectivity index (χ0n) is 12.6. The highest BCUT2D eigenvalue weighted by molar-refractivity contribution is 5.71. The fraction of sp³-hybridized carbons (Fsp3) is 0.867. The van der Waals surface area contributed by atoms with Gasteiger partial charge in [-0.1, -0.05) is 6.42 Å². The van der Waals surface area contributed by atoms with Gasteiger partial charge in [-0.05, 0) is 52.9 Å². The minimum atomic E-state index is -0.776. The van der Waals surface area contributed by atoms with Crippen LogP contribution in [0.1, 0.15) is 65.7 Å². The average molecular weight is 283 g/mol. The van der Waals surface area contributed by atoms with E-state index < -0.39 is 17.7 Å². The van der Waals surface area contributed by atoms with E-state index in [1.165, 1.54) is 0 Å². The third-order valence-corrected chi connectivity index (χ3v) is 4.76. The van der Waals surface area contributed by atoms with Crippen LogP contribution in [0.3, 0.4) is 0 Å². The van der Waals surface area contributed by atoms with Gasteiger partial charge in [0.2, 0.25) is 0 Å². The van der Waals surface area contributed by atoms with Gasteiger partial charge in [-0.15, -0.1) is 0 Å². The molecule has 2 N–H and O–H groups in total. The summed E-state index contributed by atoms with van der Waals surface area (Å²) in [6.07, 6.45) is 5.29. The van der Waals surface area contributed by atoms with Gasteiger partial charge in [0.15, 0.2) is 0 Å². The Hall–Kier alpha value is -1.26. The fourth-order valence-corrected chi connectivity index (χ4v) is 3.53. The van der Waals surface area contributed by atoms with Gasteiger partial charge in [-0.25, -0.2) is 4.79 Å². The number of nitrogens with one attached hydrogen (secondary N) is 1. The largest absolute Gasteiger partial charge is 0.481 e. The molecular formula is C15H25NO4. The minimum absolute atomic E-state index is 0.142. The van der Waals surface area contributed by atoms with E-state index in [2.05, 4.69) is 5.32 Å². The summed E-state index contributed by atoms with van der Waals surface area (Å²) >= 11 is 0. The van der Waals surface area contributed by atoms with Crippen LogP contribution in [-0.4, -0.2) is 28.3 Å². The molecule has 2 saturated carbocycles. The highest BCUT2D eigenvalue weighted by Gasteiger charge is 2.59. The molecule has 2 fully saturated rings. The van der Waals surface area contributed by atoms with E-state index in [0.29, 0.717) is 0 Å². The van der Waals surface area contributed by atoms with Crippen molar-refractivity contribution < 1.29 is 19.4 Å². The number of rotatable bonds is 4. The zero-order chi connectivity index (χ0) is 15.0. The number of aliphatic carboxylic acids is 1. The van der Waals surface area contributed by atoms with E-state index in [4.69, 9.17) is 4.74 Å². The van der Waals surface area contributed by atoms with E-state index in [1.807, 2.05) is 20.8 Å². The Morgan fingerprint density at radius 1 is 1.15 bits per heavy atom. The molecule has 0 aromatic heterocycles. The van der Waals surface area contributed by atoms with Crippen molar-refractivity contribution in [2.45, 2.75) is 76.9 Å². The molecule has 114 valence electrons. The lowest BCUT2D eigenvalue weighted by atomic mass is 9.49. The zero-order valence-corrected chi connectivity index (χ0v) is 12.6. The number of carboxylic acid groups (broad SMARTS) is 1. The molecule has 0 aromatic carbocycles. The number of alkyl carbamates (subject to hydrolysis) is 1. The van der Waals surface area contributed by atoms with Crippen molar-refractivity contribution in [1.82, 2.24) is 5.32 Å². The van der Waals surface area contributed by atoms with Gasteiger partial charge in [-0.3, -0.25) is 4.79 Å².